The lowest BCUT2D eigenvalue weighted by atomic mass is 10.1. The van der Waals surface area contributed by atoms with Crippen LogP contribution in [0.2, 0.25) is 0 Å². The molecule has 2 aromatic rings. The van der Waals surface area contributed by atoms with Crippen LogP contribution in [0, 0.1) is 0 Å². The highest BCUT2D eigenvalue weighted by atomic mass is 15.1. The molecule has 2 rings (SSSR count). The summed E-state index contributed by atoms with van der Waals surface area (Å²) in [5.74, 6) is 0.462. The van der Waals surface area contributed by atoms with Crippen LogP contribution in [-0.4, -0.2) is 19.0 Å². The number of anilines is 2. The van der Waals surface area contributed by atoms with Gasteiger partial charge in [0.25, 0.3) is 0 Å². The van der Waals surface area contributed by atoms with Gasteiger partial charge in [-0.05, 0) is 42.7 Å². The lowest BCUT2D eigenvalue weighted by Gasteiger charge is -2.07. The smallest absolute Gasteiger partial charge is 0.193 e. The quantitative estimate of drug-likeness (QED) is 0.416. The molecule has 2 aromatic carbocycles. The Kier molecular flexibility index (Phi) is 6.30. The molecule has 4 heteroatoms. The van der Waals surface area contributed by atoms with Gasteiger partial charge in [0.2, 0.25) is 0 Å². The van der Waals surface area contributed by atoms with E-state index in [1.54, 1.807) is 0 Å². The van der Waals surface area contributed by atoms with Crippen molar-refractivity contribution >= 4 is 17.3 Å². The first kappa shape index (κ1) is 15.9. The fourth-order valence-electron chi connectivity index (χ4n) is 2.08. The zero-order chi connectivity index (χ0) is 15.6. The van der Waals surface area contributed by atoms with E-state index in [0.29, 0.717) is 12.5 Å². The third-order valence-electron chi connectivity index (χ3n) is 3.35. The zero-order valence-electron chi connectivity index (χ0n) is 13.0. The van der Waals surface area contributed by atoms with E-state index in [4.69, 9.17) is 5.73 Å². The predicted molar refractivity (Wildman–Crippen MR) is 95.5 cm³/mol. The van der Waals surface area contributed by atoms with Gasteiger partial charge in [0.1, 0.15) is 0 Å². The lowest BCUT2D eigenvalue weighted by Crippen LogP contribution is -2.23. The van der Waals surface area contributed by atoms with Crippen molar-refractivity contribution in [3.63, 3.8) is 0 Å². The fourth-order valence-corrected chi connectivity index (χ4v) is 2.08. The number of nitrogens with one attached hydrogen (secondary N) is 2. The van der Waals surface area contributed by atoms with Crippen molar-refractivity contribution in [2.24, 2.45) is 10.7 Å². The third-order valence-corrected chi connectivity index (χ3v) is 3.35. The topological polar surface area (TPSA) is 62.4 Å². The Morgan fingerprint density at radius 1 is 1.00 bits per heavy atom. The standard InChI is InChI=1S/C18H24N4/c1-2-15-9-11-17(12-10-15)22-18(19)21-14-6-13-20-16-7-4-3-5-8-16/h3-5,7-12,20H,2,6,13-14H2,1H3,(H3,19,21,22). The summed E-state index contributed by atoms with van der Waals surface area (Å²) in [6.07, 6.45) is 1.98. The van der Waals surface area contributed by atoms with Crippen molar-refractivity contribution in [1.82, 2.24) is 0 Å². The maximum atomic E-state index is 5.89. The first-order valence-corrected chi connectivity index (χ1v) is 7.72. The first-order valence-electron chi connectivity index (χ1n) is 7.72. The maximum Gasteiger partial charge on any atom is 0.193 e. The van der Waals surface area contributed by atoms with Crippen molar-refractivity contribution < 1.29 is 0 Å². The van der Waals surface area contributed by atoms with E-state index in [9.17, 15) is 0 Å². The molecule has 0 spiro atoms. The summed E-state index contributed by atoms with van der Waals surface area (Å²) >= 11 is 0. The molecule has 0 amide bonds. The van der Waals surface area contributed by atoms with Gasteiger partial charge in [-0.3, -0.25) is 4.99 Å². The predicted octanol–water partition coefficient (Wildman–Crippen LogP) is 3.48. The summed E-state index contributed by atoms with van der Waals surface area (Å²) in [6.45, 7) is 3.72. The van der Waals surface area contributed by atoms with Crippen molar-refractivity contribution in [3.8, 4) is 0 Å². The summed E-state index contributed by atoms with van der Waals surface area (Å²) in [5, 5.41) is 6.46. The zero-order valence-corrected chi connectivity index (χ0v) is 13.0. The minimum Gasteiger partial charge on any atom is -0.385 e. The number of para-hydroxylation sites is 1. The van der Waals surface area contributed by atoms with Crippen LogP contribution in [-0.2, 0) is 6.42 Å². The van der Waals surface area contributed by atoms with E-state index in [1.807, 2.05) is 30.3 Å². The number of nitrogens with zero attached hydrogens (tertiary/aromatic N) is 1. The Labute approximate surface area is 132 Å². The minimum absolute atomic E-state index is 0.462. The van der Waals surface area contributed by atoms with Crippen molar-refractivity contribution in [1.29, 1.82) is 0 Å². The molecule has 0 bridgehead atoms. The van der Waals surface area contributed by atoms with Gasteiger partial charge in [0.05, 0.1) is 0 Å². The monoisotopic (exact) mass is 296 g/mol. The Hall–Kier alpha value is -2.49. The van der Waals surface area contributed by atoms with Crippen molar-refractivity contribution in [3.05, 3.63) is 60.2 Å². The summed E-state index contributed by atoms with van der Waals surface area (Å²) < 4.78 is 0. The van der Waals surface area contributed by atoms with Crippen LogP contribution < -0.4 is 16.4 Å². The Bertz CT molecular complexity index is 576. The number of hydrogen-bond acceptors (Lipinski definition) is 2. The molecule has 0 unspecified atom stereocenters. The highest BCUT2D eigenvalue weighted by Crippen LogP contribution is 2.09. The third kappa shape index (κ3) is 5.48. The molecule has 0 saturated heterocycles. The van der Waals surface area contributed by atoms with Gasteiger partial charge in [-0.2, -0.15) is 0 Å². The van der Waals surface area contributed by atoms with E-state index < -0.39 is 0 Å². The van der Waals surface area contributed by atoms with Crippen LogP contribution in [0.4, 0.5) is 11.4 Å². The lowest BCUT2D eigenvalue weighted by molar-refractivity contribution is 0.873. The van der Waals surface area contributed by atoms with Gasteiger partial charge >= 0.3 is 0 Å². The molecule has 4 nitrogen and oxygen atoms in total. The van der Waals surface area contributed by atoms with Crippen LogP contribution in [0.15, 0.2) is 59.6 Å². The number of aryl methyl sites for hydroxylation is 1. The molecule has 0 fully saturated rings. The van der Waals surface area contributed by atoms with Gasteiger partial charge in [-0.15, -0.1) is 0 Å². The second kappa shape index (κ2) is 8.72. The number of rotatable bonds is 7. The van der Waals surface area contributed by atoms with Gasteiger partial charge in [0.15, 0.2) is 5.96 Å². The average molecular weight is 296 g/mol. The molecule has 0 heterocycles. The van der Waals surface area contributed by atoms with Crippen molar-refractivity contribution in [2.75, 3.05) is 23.7 Å². The number of hydrogen-bond donors (Lipinski definition) is 3. The van der Waals surface area contributed by atoms with Gasteiger partial charge in [0, 0.05) is 24.5 Å². The van der Waals surface area contributed by atoms with E-state index >= 15 is 0 Å². The molecule has 0 atom stereocenters. The Morgan fingerprint density at radius 3 is 2.41 bits per heavy atom. The maximum absolute atomic E-state index is 5.89. The summed E-state index contributed by atoms with van der Waals surface area (Å²) in [5.41, 5.74) is 9.31. The van der Waals surface area contributed by atoms with E-state index in [2.05, 4.69) is 46.8 Å². The van der Waals surface area contributed by atoms with Crippen LogP contribution in [0.1, 0.15) is 18.9 Å². The molecule has 0 radical (unpaired) electrons. The fraction of sp³-hybridized carbons (Fsp3) is 0.278. The minimum atomic E-state index is 0.462. The molecular weight excluding hydrogens is 272 g/mol. The molecular formula is C18H24N4. The molecule has 0 aliphatic heterocycles. The number of guanidine groups is 1. The van der Waals surface area contributed by atoms with E-state index in [1.165, 1.54) is 5.56 Å². The van der Waals surface area contributed by atoms with Gasteiger partial charge < -0.3 is 16.4 Å². The highest BCUT2D eigenvalue weighted by Gasteiger charge is 1.95. The van der Waals surface area contributed by atoms with Crippen LogP contribution in [0.5, 0.6) is 0 Å². The molecule has 4 N–H and O–H groups in total. The van der Waals surface area contributed by atoms with Gasteiger partial charge in [-0.25, -0.2) is 0 Å². The first-order chi connectivity index (χ1) is 10.8. The van der Waals surface area contributed by atoms with Gasteiger partial charge in [-0.1, -0.05) is 37.3 Å². The van der Waals surface area contributed by atoms with Crippen LogP contribution in [0.3, 0.4) is 0 Å². The second-order valence-corrected chi connectivity index (χ2v) is 5.09. The normalized spacial score (nSPS) is 11.2. The Morgan fingerprint density at radius 2 is 1.73 bits per heavy atom. The van der Waals surface area contributed by atoms with E-state index in [0.717, 1.165) is 30.8 Å². The molecule has 116 valence electrons. The largest absolute Gasteiger partial charge is 0.385 e. The van der Waals surface area contributed by atoms with E-state index in [-0.39, 0.29) is 0 Å². The number of benzene rings is 2. The molecule has 0 aliphatic carbocycles. The SMILES string of the molecule is CCc1ccc(NC(N)=NCCCNc2ccccc2)cc1. The molecule has 0 aliphatic rings. The summed E-state index contributed by atoms with van der Waals surface area (Å²) in [6, 6.07) is 18.4. The van der Waals surface area contributed by atoms with Crippen LogP contribution in [0.25, 0.3) is 0 Å². The number of aliphatic imine (C=N–C) groups is 1. The Balaban J connectivity index is 1.68. The second-order valence-electron chi connectivity index (χ2n) is 5.09. The molecule has 22 heavy (non-hydrogen) atoms. The highest BCUT2D eigenvalue weighted by molar-refractivity contribution is 5.92. The summed E-state index contributed by atoms with van der Waals surface area (Å²) in [4.78, 5) is 4.34. The average Bonchev–Trinajstić information content (AvgIpc) is 2.56. The number of nitrogens with two attached hydrogens (primary N) is 1. The molecule has 0 saturated carbocycles. The summed E-state index contributed by atoms with van der Waals surface area (Å²) in [7, 11) is 0. The molecule has 0 aromatic heterocycles. The van der Waals surface area contributed by atoms with Crippen LogP contribution >= 0.6 is 0 Å². The van der Waals surface area contributed by atoms with Crippen molar-refractivity contribution in [2.45, 2.75) is 19.8 Å².